The molecule has 18 heavy (non-hydrogen) atoms. The molecule has 3 N–H and O–H groups in total. The van der Waals surface area contributed by atoms with Gasteiger partial charge in [0.15, 0.2) is 6.10 Å². The van der Waals surface area contributed by atoms with Gasteiger partial charge in [-0.1, -0.05) is 0 Å². The van der Waals surface area contributed by atoms with Crippen LogP contribution in [0.15, 0.2) is 15.8 Å². The summed E-state index contributed by atoms with van der Waals surface area (Å²) in [5, 5.41) is 18.1. The van der Waals surface area contributed by atoms with Crippen LogP contribution in [0.5, 0.6) is 0 Å². The number of nitrogens with zero attached hydrogens (tertiary/aromatic N) is 1. The number of H-pyrrole nitrogens is 1. The van der Waals surface area contributed by atoms with Crippen molar-refractivity contribution in [1.82, 2.24) is 9.55 Å². The van der Waals surface area contributed by atoms with Crippen molar-refractivity contribution in [2.24, 2.45) is 0 Å². The lowest BCUT2D eigenvalue weighted by molar-refractivity contribution is -0.155. The fourth-order valence-electron chi connectivity index (χ4n) is 1.72. The number of ether oxygens (including phenoxy) is 1. The smallest absolute Gasteiger partial charge is 0.335 e. The molecule has 1 fully saturated rings. The zero-order valence-corrected chi connectivity index (χ0v) is 8.87. The van der Waals surface area contributed by atoms with Crippen LogP contribution in [0, 0.1) is 5.82 Å². The molecule has 0 saturated carbocycles. The Balaban J connectivity index is 2.35. The van der Waals surface area contributed by atoms with Gasteiger partial charge in [-0.3, -0.25) is 14.3 Å². The minimum absolute atomic E-state index is 0.192. The summed E-state index contributed by atoms with van der Waals surface area (Å²) in [6.07, 6.45) is -3.52. The number of hydrogen-bond acceptors (Lipinski definition) is 5. The first-order chi connectivity index (χ1) is 8.40. The minimum Gasteiger partial charge on any atom is -0.479 e. The van der Waals surface area contributed by atoms with E-state index in [0.29, 0.717) is 10.8 Å². The highest BCUT2D eigenvalue weighted by Gasteiger charge is 2.40. The molecule has 1 aromatic rings. The molecule has 1 aliphatic rings. The van der Waals surface area contributed by atoms with Gasteiger partial charge < -0.3 is 14.9 Å². The summed E-state index contributed by atoms with van der Waals surface area (Å²) in [7, 11) is 0. The van der Waals surface area contributed by atoms with E-state index in [2.05, 4.69) is 0 Å². The molecule has 98 valence electrons. The maximum atomic E-state index is 13.0. The monoisotopic (exact) mass is 260 g/mol. The first-order valence-corrected chi connectivity index (χ1v) is 4.97. The number of aromatic amines is 1. The molecule has 1 aliphatic heterocycles. The molecule has 0 radical (unpaired) electrons. The van der Waals surface area contributed by atoms with Gasteiger partial charge in [0.05, 0.1) is 12.3 Å². The summed E-state index contributed by atoms with van der Waals surface area (Å²) >= 11 is 0. The molecule has 1 saturated heterocycles. The Bertz CT molecular complexity index is 593. The lowest BCUT2D eigenvalue weighted by Gasteiger charge is -2.13. The summed E-state index contributed by atoms with van der Waals surface area (Å²) in [4.78, 5) is 34.6. The van der Waals surface area contributed by atoms with Crippen LogP contribution >= 0.6 is 0 Å². The molecular weight excluding hydrogens is 251 g/mol. The van der Waals surface area contributed by atoms with Gasteiger partial charge in [0.2, 0.25) is 5.82 Å². The van der Waals surface area contributed by atoms with Crippen molar-refractivity contribution >= 4 is 5.97 Å². The Morgan fingerprint density at radius 2 is 2.22 bits per heavy atom. The van der Waals surface area contributed by atoms with Crippen LogP contribution in [-0.4, -0.2) is 37.9 Å². The van der Waals surface area contributed by atoms with Gasteiger partial charge in [-0.15, -0.1) is 0 Å². The van der Waals surface area contributed by atoms with Gasteiger partial charge in [0.25, 0.3) is 5.56 Å². The standard InChI is InChI=1S/C9H9FN2O6/c10-3-2-12(9(17)11-7(3)14)5-1-4(13)6(18-5)8(15)16/h2,4-6,13H,1H2,(H,15,16)(H,11,14,17)/t4-,5-,6-/m1/s1. The van der Waals surface area contributed by atoms with Gasteiger partial charge in [-0.2, -0.15) is 4.39 Å². The number of halogens is 1. The molecule has 0 aromatic carbocycles. The molecule has 0 aliphatic carbocycles. The number of aliphatic hydroxyl groups excluding tert-OH is 1. The molecule has 1 aromatic heterocycles. The van der Waals surface area contributed by atoms with E-state index in [1.807, 2.05) is 0 Å². The summed E-state index contributed by atoms with van der Waals surface area (Å²) in [5.74, 6) is -2.59. The average Bonchev–Trinajstić information content (AvgIpc) is 2.65. The Kier molecular flexibility index (Phi) is 3.01. The molecule has 0 unspecified atom stereocenters. The van der Waals surface area contributed by atoms with Crippen molar-refractivity contribution in [2.45, 2.75) is 24.9 Å². The van der Waals surface area contributed by atoms with Gasteiger partial charge in [-0.25, -0.2) is 9.59 Å². The maximum Gasteiger partial charge on any atom is 0.335 e. The third-order valence-electron chi connectivity index (χ3n) is 2.57. The van der Waals surface area contributed by atoms with E-state index >= 15 is 0 Å². The van der Waals surface area contributed by atoms with E-state index in [4.69, 9.17) is 9.84 Å². The molecule has 0 amide bonds. The van der Waals surface area contributed by atoms with Crippen molar-refractivity contribution < 1.29 is 24.1 Å². The first kappa shape index (κ1) is 12.5. The quantitative estimate of drug-likeness (QED) is 0.589. The zero-order chi connectivity index (χ0) is 13.4. The second-order valence-electron chi connectivity index (χ2n) is 3.80. The first-order valence-electron chi connectivity index (χ1n) is 4.97. The third kappa shape index (κ3) is 2.05. The lowest BCUT2D eigenvalue weighted by atomic mass is 10.2. The van der Waals surface area contributed by atoms with Crippen molar-refractivity contribution in [3.05, 3.63) is 32.9 Å². The number of hydrogen-bond donors (Lipinski definition) is 3. The Labute approximate surface area is 98.3 Å². The topological polar surface area (TPSA) is 122 Å². The van der Waals surface area contributed by atoms with Crippen LogP contribution < -0.4 is 11.2 Å². The normalized spacial score (nSPS) is 27.3. The lowest BCUT2D eigenvalue weighted by Crippen LogP contribution is -2.34. The summed E-state index contributed by atoms with van der Waals surface area (Å²) in [6, 6.07) is 0. The molecule has 0 bridgehead atoms. The van der Waals surface area contributed by atoms with E-state index in [1.165, 1.54) is 0 Å². The molecule has 2 rings (SSSR count). The van der Waals surface area contributed by atoms with Gasteiger partial charge in [0.1, 0.15) is 6.23 Å². The minimum atomic E-state index is -1.49. The fraction of sp³-hybridized carbons (Fsp3) is 0.444. The van der Waals surface area contributed by atoms with Crippen LogP contribution in [0.3, 0.4) is 0 Å². The summed E-state index contributed by atoms with van der Waals surface area (Å²) in [6.45, 7) is 0. The van der Waals surface area contributed by atoms with Crippen LogP contribution in [0.4, 0.5) is 4.39 Å². The highest BCUT2D eigenvalue weighted by atomic mass is 19.1. The third-order valence-corrected chi connectivity index (χ3v) is 2.57. The fourth-order valence-corrected chi connectivity index (χ4v) is 1.72. The predicted octanol–water partition coefficient (Wildman–Crippen LogP) is -1.59. The van der Waals surface area contributed by atoms with E-state index in [0.717, 1.165) is 0 Å². The molecule has 8 nitrogen and oxygen atoms in total. The van der Waals surface area contributed by atoms with Crippen molar-refractivity contribution in [3.8, 4) is 0 Å². The Morgan fingerprint density at radius 1 is 1.56 bits per heavy atom. The van der Waals surface area contributed by atoms with Crippen LogP contribution in [0.1, 0.15) is 12.6 Å². The average molecular weight is 260 g/mol. The number of aliphatic hydroxyl groups is 1. The van der Waals surface area contributed by atoms with Gasteiger partial charge in [0, 0.05) is 6.42 Å². The SMILES string of the molecule is O=C(O)[C@@H]1O[C@@H](n2cc(F)c(=O)[nH]c2=O)C[C@H]1O. The molecule has 3 atom stereocenters. The van der Waals surface area contributed by atoms with Crippen molar-refractivity contribution in [2.75, 3.05) is 0 Å². The van der Waals surface area contributed by atoms with E-state index in [9.17, 15) is 23.9 Å². The summed E-state index contributed by atoms with van der Waals surface area (Å²) in [5.41, 5.74) is -2.12. The Hall–Kier alpha value is -2.00. The number of aliphatic carboxylic acids is 1. The van der Waals surface area contributed by atoms with E-state index in [-0.39, 0.29) is 6.42 Å². The van der Waals surface area contributed by atoms with Gasteiger partial charge >= 0.3 is 11.7 Å². The second-order valence-corrected chi connectivity index (χ2v) is 3.80. The number of carbonyl (C=O) groups is 1. The molecule has 2 heterocycles. The number of carboxylic acid groups (broad SMARTS) is 1. The predicted molar refractivity (Wildman–Crippen MR) is 53.5 cm³/mol. The van der Waals surface area contributed by atoms with Gasteiger partial charge in [-0.05, 0) is 0 Å². The second kappa shape index (κ2) is 4.35. The molecule has 9 heteroatoms. The number of rotatable bonds is 2. The van der Waals surface area contributed by atoms with E-state index in [1.54, 1.807) is 4.98 Å². The highest BCUT2D eigenvalue weighted by Crippen LogP contribution is 2.27. The summed E-state index contributed by atoms with van der Waals surface area (Å²) < 4.78 is 18.6. The molecule has 0 spiro atoms. The number of carboxylic acids is 1. The highest BCUT2D eigenvalue weighted by molar-refractivity contribution is 5.73. The van der Waals surface area contributed by atoms with Crippen molar-refractivity contribution in [1.29, 1.82) is 0 Å². The van der Waals surface area contributed by atoms with Crippen LogP contribution in [-0.2, 0) is 9.53 Å². The maximum absolute atomic E-state index is 13.0. The molecular formula is C9H9FN2O6. The van der Waals surface area contributed by atoms with Crippen LogP contribution in [0.25, 0.3) is 0 Å². The zero-order valence-electron chi connectivity index (χ0n) is 8.87. The Morgan fingerprint density at radius 3 is 2.78 bits per heavy atom. The largest absolute Gasteiger partial charge is 0.479 e. The van der Waals surface area contributed by atoms with Crippen LogP contribution in [0.2, 0.25) is 0 Å². The van der Waals surface area contributed by atoms with E-state index < -0.39 is 41.5 Å². The number of nitrogens with one attached hydrogen (secondary N) is 1. The number of aromatic nitrogens is 2. The van der Waals surface area contributed by atoms with Crippen molar-refractivity contribution in [3.63, 3.8) is 0 Å².